The molecule has 2 aromatic rings. The third-order valence-corrected chi connectivity index (χ3v) is 3.79. The molecule has 0 heterocycles. The minimum atomic E-state index is -0.510. The number of ketones is 1. The molecule has 2 rings (SSSR count). The molecule has 0 bridgehead atoms. The molecule has 0 atom stereocenters. The zero-order valence-electron chi connectivity index (χ0n) is 14.3. The third kappa shape index (κ3) is 4.69. The number of aryl methyl sites for hydroxylation is 2. The quantitative estimate of drug-likeness (QED) is 0.438. The highest BCUT2D eigenvalue weighted by Crippen LogP contribution is 2.19. The summed E-state index contributed by atoms with van der Waals surface area (Å²) < 4.78 is 10.6. The van der Waals surface area contributed by atoms with Crippen LogP contribution in [0, 0.1) is 13.8 Å². The van der Waals surface area contributed by atoms with Gasteiger partial charge in [0.2, 0.25) is 0 Å². The van der Waals surface area contributed by atoms with Crippen LogP contribution in [-0.4, -0.2) is 18.4 Å². The van der Waals surface area contributed by atoms with Gasteiger partial charge < -0.3 is 9.47 Å². The standard InChI is InChI=1S/C20H22O4/c1-4-23-20(22)12-19(21)16-9-6-10-17(11-16)24-13-18-14(2)7-5-8-15(18)3/h5-11H,4,12-13H2,1-3H3. The highest BCUT2D eigenvalue weighted by Gasteiger charge is 2.13. The van der Waals surface area contributed by atoms with Crippen LogP contribution in [0.15, 0.2) is 42.5 Å². The first kappa shape index (κ1) is 17.7. The van der Waals surface area contributed by atoms with Gasteiger partial charge in [-0.1, -0.05) is 30.3 Å². The van der Waals surface area contributed by atoms with Gasteiger partial charge in [-0.15, -0.1) is 0 Å². The van der Waals surface area contributed by atoms with E-state index in [1.54, 1.807) is 31.2 Å². The fourth-order valence-electron chi connectivity index (χ4n) is 2.44. The number of ether oxygens (including phenoxy) is 2. The van der Waals surface area contributed by atoms with E-state index < -0.39 is 5.97 Å². The lowest BCUT2D eigenvalue weighted by molar-refractivity contribution is -0.141. The van der Waals surface area contributed by atoms with E-state index in [2.05, 4.69) is 0 Å². The Bertz CT molecular complexity index is 714. The van der Waals surface area contributed by atoms with Crippen LogP contribution in [0.2, 0.25) is 0 Å². The van der Waals surface area contributed by atoms with Crippen LogP contribution < -0.4 is 4.74 Å². The Morgan fingerprint density at radius 1 is 1.00 bits per heavy atom. The van der Waals surface area contributed by atoms with Crippen LogP contribution in [0.5, 0.6) is 5.75 Å². The van der Waals surface area contributed by atoms with Crippen molar-refractivity contribution in [2.24, 2.45) is 0 Å². The summed E-state index contributed by atoms with van der Waals surface area (Å²) in [4.78, 5) is 23.5. The summed E-state index contributed by atoms with van der Waals surface area (Å²) in [5.41, 5.74) is 3.93. The van der Waals surface area contributed by atoms with Crippen LogP contribution in [0.4, 0.5) is 0 Å². The Kier molecular flexibility index (Phi) is 6.13. The van der Waals surface area contributed by atoms with Crippen molar-refractivity contribution in [2.45, 2.75) is 33.8 Å². The van der Waals surface area contributed by atoms with Crippen LogP contribution in [0.25, 0.3) is 0 Å². The van der Waals surface area contributed by atoms with E-state index in [1.807, 2.05) is 32.0 Å². The van der Waals surface area contributed by atoms with Crippen molar-refractivity contribution in [3.63, 3.8) is 0 Å². The molecule has 0 N–H and O–H groups in total. The van der Waals surface area contributed by atoms with Crippen molar-refractivity contribution in [2.75, 3.05) is 6.61 Å². The van der Waals surface area contributed by atoms with Gasteiger partial charge in [-0.3, -0.25) is 9.59 Å². The van der Waals surface area contributed by atoms with E-state index in [-0.39, 0.29) is 18.8 Å². The predicted octanol–water partition coefficient (Wildman–Crippen LogP) is 4.02. The van der Waals surface area contributed by atoms with Crippen molar-refractivity contribution >= 4 is 11.8 Å². The largest absolute Gasteiger partial charge is 0.489 e. The molecule has 0 spiro atoms. The summed E-state index contributed by atoms with van der Waals surface area (Å²) in [5, 5.41) is 0. The number of carbonyl (C=O) groups excluding carboxylic acids is 2. The van der Waals surface area contributed by atoms with Crippen molar-refractivity contribution in [1.82, 2.24) is 0 Å². The second-order valence-electron chi connectivity index (χ2n) is 5.59. The molecule has 0 saturated heterocycles. The Hall–Kier alpha value is -2.62. The Labute approximate surface area is 142 Å². The van der Waals surface area contributed by atoms with E-state index in [0.29, 0.717) is 17.9 Å². The number of rotatable bonds is 7. The van der Waals surface area contributed by atoms with Crippen LogP contribution >= 0.6 is 0 Å². The van der Waals surface area contributed by atoms with Gasteiger partial charge in [0.25, 0.3) is 0 Å². The Morgan fingerprint density at radius 2 is 1.67 bits per heavy atom. The number of carbonyl (C=O) groups is 2. The molecule has 0 aromatic heterocycles. The maximum atomic E-state index is 12.1. The maximum Gasteiger partial charge on any atom is 0.313 e. The molecular formula is C20H22O4. The third-order valence-electron chi connectivity index (χ3n) is 3.79. The smallest absolute Gasteiger partial charge is 0.313 e. The highest BCUT2D eigenvalue weighted by atomic mass is 16.5. The zero-order valence-corrected chi connectivity index (χ0v) is 14.3. The maximum absolute atomic E-state index is 12.1. The van der Waals surface area contributed by atoms with E-state index in [0.717, 1.165) is 5.56 Å². The number of benzene rings is 2. The molecule has 4 heteroatoms. The van der Waals surface area contributed by atoms with Crippen molar-refractivity contribution in [3.05, 3.63) is 64.7 Å². The SMILES string of the molecule is CCOC(=O)CC(=O)c1cccc(OCc2c(C)cccc2C)c1. The molecule has 0 aliphatic rings. The molecule has 2 aromatic carbocycles. The van der Waals surface area contributed by atoms with Crippen molar-refractivity contribution in [3.8, 4) is 5.75 Å². The molecule has 0 radical (unpaired) electrons. The summed E-state index contributed by atoms with van der Waals surface area (Å²) >= 11 is 0. The molecule has 0 fully saturated rings. The van der Waals surface area contributed by atoms with Crippen molar-refractivity contribution in [1.29, 1.82) is 0 Å². The zero-order chi connectivity index (χ0) is 17.5. The van der Waals surface area contributed by atoms with Crippen molar-refractivity contribution < 1.29 is 19.1 Å². The molecule has 0 aliphatic carbocycles. The van der Waals surface area contributed by atoms with Crippen LogP contribution in [-0.2, 0) is 16.1 Å². The summed E-state index contributed by atoms with van der Waals surface area (Å²) in [6.45, 7) is 6.51. The van der Waals surface area contributed by atoms with Crippen LogP contribution in [0.3, 0.4) is 0 Å². The highest BCUT2D eigenvalue weighted by molar-refractivity contribution is 6.06. The van der Waals surface area contributed by atoms with E-state index >= 15 is 0 Å². The number of hydrogen-bond acceptors (Lipinski definition) is 4. The molecule has 126 valence electrons. The van der Waals surface area contributed by atoms with Gasteiger partial charge in [-0.2, -0.15) is 0 Å². The van der Waals surface area contributed by atoms with E-state index in [9.17, 15) is 9.59 Å². The molecule has 0 aliphatic heterocycles. The fraction of sp³-hybridized carbons (Fsp3) is 0.300. The van der Waals surface area contributed by atoms with Gasteiger partial charge in [-0.05, 0) is 49.6 Å². The molecule has 24 heavy (non-hydrogen) atoms. The molecule has 0 saturated carbocycles. The summed E-state index contributed by atoms with van der Waals surface area (Å²) in [6, 6.07) is 13.0. The number of esters is 1. The second kappa shape index (κ2) is 8.29. The lowest BCUT2D eigenvalue weighted by Gasteiger charge is -2.12. The molecule has 0 unspecified atom stereocenters. The van der Waals surface area contributed by atoms with Gasteiger partial charge in [0.05, 0.1) is 6.61 Å². The number of Topliss-reactive ketones (excluding diaryl/α,β-unsaturated/α-hetero) is 1. The normalized spacial score (nSPS) is 10.3. The second-order valence-corrected chi connectivity index (χ2v) is 5.59. The summed E-state index contributed by atoms with van der Waals surface area (Å²) in [5.74, 6) is -0.178. The first-order valence-corrected chi connectivity index (χ1v) is 7.98. The van der Waals surface area contributed by atoms with Crippen LogP contribution in [0.1, 0.15) is 40.4 Å². The predicted molar refractivity (Wildman–Crippen MR) is 92.3 cm³/mol. The summed E-state index contributed by atoms with van der Waals surface area (Å²) in [6.07, 6.45) is -0.256. The Balaban J connectivity index is 2.05. The Morgan fingerprint density at radius 3 is 2.33 bits per heavy atom. The minimum Gasteiger partial charge on any atom is -0.489 e. The molecular weight excluding hydrogens is 304 g/mol. The van der Waals surface area contributed by atoms with Gasteiger partial charge >= 0.3 is 5.97 Å². The van der Waals surface area contributed by atoms with Gasteiger partial charge in [-0.25, -0.2) is 0 Å². The molecule has 4 nitrogen and oxygen atoms in total. The topological polar surface area (TPSA) is 52.6 Å². The van der Waals surface area contributed by atoms with Gasteiger partial charge in [0.1, 0.15) is 18.8 Å². The van der Waals surface area contributed by atoms with E-state index in [4.69, 9.17) is 9.47 Å². The molecule has 0 amide bonds. The lowest BCUT2D eigenvalue weighted by atomic mass is 10.0. The van der Waals surface area contributed by atoms with E-state index in [1.165, 1.54) is 11.1 Å². The van der Waals surface area contributed by atoms with Gasteiger partial charge in [0.15, 0.2) is 5.78 Å². The fourth-order valence-corrected chi connectivity index (χ4v) is 2.44. The minimum absolute atomic E-state index is 0.256. The number of hydrogen-bond donors (Lipinski definition) is 0. The first-order valence-electron chi connectivity index (χ1n) is 7.98. The average molecular weight is 326 g/mol. The summed E-state index contributed by atoms with van der Waals surface area (Å²) in [7, 11) is 0. The van der Waals surface area contributed by atoms with Gasteiger partial charge in [0, 0.05) is 5.56 Å². The monoisotopic (exact) mass is 326 g/mol. The first-order chi connectivity index (χ1) is 11.5. The average Bonchev–Trinajstić information content (AvgIpc) is 2.55. The lowest BCUT2D eigenvalue weighted by Crippen LogP contribution is -2.11.